The van der Waals surface area contributed by atoms with Crippen LogP contribution < -0.4 is 5.32 Å². The zero-order valence-electron chi connectivity index (χ0n) is 18.3. The van der Waals surface area contributed by atoms with Crippen molar-refractivity contribution in [3.05, 3.63) is 29.8 Å². The highest BCUT2D eigenvalue weighted by Gasteiger charge is 2.29. The fraction of sp³-hybridized carbons (Fsp3) is 0.682. The summed E-state index contributed by atoms with van der Waals surface area (Å²) in [4.78, 5) is 15.3. The molecule has 0 saturated carbocycles. The van der Waals surface area contributed by atoms with Crippen molar-refractivity contribution in [2.45, 2.75) is 44.6 Å². The summed E-state index contributed by atoms with van der Waals surface area (Å²) >= 11 is 0. The van der Waals surface area contributed by atoms with Crippen molar-refractivity contribution in [2.24, 2.45) is 11.8 Å². The highest BCUT2D eigenvalue weighted by molar-refractivity contribution is 7.89. The molecule has 168 valence electrons. The smallest absolute Gasteiger partial charge is 0.251 e. The lowest BCUT2D eigenvalue weighted by molar-refractivity contribution is 0.00672. The molecule has 0 bridgehead atoms. The molecule has 2 unspecified atom stereocenters. The summed E-state index contributed by atoms with van der Waals surface area (Å²) in [5.41, 5.74) is 0.477. The molecule has 7 nitrogen and oxygen atoms in total. The van der Waals surface area contributed by atoms with Crippen molar-refractivity contribution in [2.75, 3.05) is 45.9 Å². The Kier molecular flexibility index (Phi) is 7.90. The van der Waals surface area contributed by atoms with Gasteiger partial charge in [0, 0.05) is 44.3 Å². The van der Waals surface area contributed by atoms with Crippen LogP contribution in [0.4, 0.5) is 0 Å². The minimum atomic E-state index is -3.51. The van der Waals surface area contributed by atoms with Crippen LogP contribution in [-0.2, 0) is 14.8 Å². The molecule has 2 heterocycles. The number of amides is 1. The van der Waals surface area contributed by atoms with Crippen molar-refractivity contribution < 1.29 is 17.9 Å². The molecule has 0 radical (unpaired) electrons. The summed E-state index contributed by atoms with van der Waals surface area (Å²) in [6.07, 6.45) is 1.95. The molecule has 1 amide bonds. The molecule has 1 aromatic rings. The van der Waals surface area contributed by atoms with Crippen LogP contribution in [-0.4, -0.2) is 75.5 Å². The molecule has 2 atom stereocenters. The Bertz CT molecular complexity index is 804. The predicted octanol–water partition coefficient (Wildman–Crippen LogP) is 2.19. The number of nitrogens with zero attached hydrogens (tertiary/aromatic N) is 2. The molecule has 0 aliphatic carbocycles. The van der Waals surface area contributed by atoms with Crippen LogP contribution in [0.25, 0.3) is 0 Å². The number of nitrogens with one attached hydrogen (secondary N) is 1. The highest BCUT2D eigenvalue weighted by Crippen LogP contribution is 2.23. The topological polar surface area (TPSA) is 79.0 Å². The summed E-state index contributed by atoms with van der Waals surface area (Å²) < 4.78 is 32.8. The molecule has 8 heteroatoms. The molecule has 0 aromatic heterocycles. The van der Waals surface area contributed by atoms with E-state index in [-0.39, 0.29) is 16.8 Å². The van der Waals surface area contributed by atoms with E-state index in [9.17, 15) is 13.2 Å². The molecule has 1 N–H and O–H groups in total. The Morgan fingerprint density at radius 2 is 1.83 bits per heavy atom. The first-order valence-electron chi connectivity index (χ1n) is 11.0. The van der Waals surface area contributed by atoms with Gasteiger partial charge in [-0.25, -0.2) is 8.42 Å². The predicted molar refractivity (Wildman–Crippen MR) is 117 cm³/mol. The van der Waals surface area contributed by atoms with Crippen molar-refractivity contribution in [1.82, 2.24) is 14.5 Å². The van der Waals surface area contributed by atoms with Gasteiger partial charge in [0.2, 0.25) is 10.0 Å². The zero-order chi connectivity index (χ0) is 21.7. The molecular weight excluding hydrogens is 402 g/mol. The number of piperidine rings is 1. The number of hydrogen-bond acceptors (Lipinski definition) is 5. The van der Waals surface area contributed by atoms with Gasteiger partial charge in [0.15, 0.2) is 0 Å². The van der Waals surface area contributed by atoms with E-state index < -0.39 is 10.0 Å². The Labute approximate surface area is 180 Å². The minimum Gasteiger partial charge on any atom is -0.379 e. The van der Waals surface area contributed by atoms with Gasteiger partial charge in [0.25, 0.3) is 5.91 Å². The van der Waals surface area contributed by atoms with Crippen LogP contribution in [0.15, 0.2) is 29.2 Å². The van der Waals surface area contributed by atoms with Gasteiger partial charge in [-0.15, -0.1) is 0 Å². The summed E-state index contributed by atoms with van der Waals surface area (Å²) in [6, 6.07) is 6.55. The van der Waals surface area contributed by atoms with Crippen LogP contribution in [0.5, 0.6) is 0 Å². The number of morpholine rings is 1. The third kappa shape index (κ3) is 5.60. The van der Waals surface area contributed by atoms with Gasteiger partial charge in [-0.3, -0.25) is 9.69 Å². The number of hydrogen-bond donors (Lipinski definition) is 1. The maximum atomic E-state index is 12.9. The molecule has 2 aliphatic rings. The normalized spacial score (nSPS) is 22.7. The number of carbonyl (C=O) groups is 1. The van der Waals surface area contributed by atoms with Crippen LogP contribution in [0.1, 0.15) is 44.0 Å². The van der Waals surface area contributed by atoms with Crippen molar-refractivity contribution in [1.29, 1.82) is 0 Å². The fourth-order valence-electron chi connectivity index (χ4n) is 4.29. The SMILES string of the molecule is CC1CCCN(S(=O)(=O)c2ccc(C(=O)NCC(C(C)C)N3CCOCC3)cc2)C1. The zero-order valence-corrected chi connectivity index (χ0v) is 19.2. The standard InChI is InChI=1S/C22H35N3O4S/c1-17(2)21(24-11-13-29-14-12-24)15-23-22(26)19-6-8-20(9-7-19)30(27,28)25-10-4-5-18(3)16-25/h6-9,17-18,21H,4-5,10-16H2,1-3H3,(H,23,26). The van der Waals surface area contributed by atoms with Gasteiger partial charge in [-0.1, -0.05) is 20.8 Å². The Morgan fingerprint density at radius 1 is 1.17 bits per heavy atom. The molecule has 0 spiro atoms. The maximum absolute atomic E-state index is 12.9. The number of benzene rings is 1. The Morgan fingerprint density at radius 3 is 2.43 bits per heavy atom. The lowest BCUT2D eigenvalue weighted by atomic mass is 10.0. The number of carbonyl (C=O) groups excluding carboxylic acids is 1. The van der Waals surface area contributed by atoms with E-state index in [0.717, 1.165) is 39.1 Å². The van der Waals surface area contributed by atoms with E-state index in [1.165, 1.54) is 0 Å². The molecule has 2 fully saturated rings. The molecule has 30 heavy (non-hydrogen) atoms. The van der Waals surface area contributed by atoms with Gasteiger partial charge in [0.1, 0.15) is 0 Å². The van der Waals surface area contributed by atoms with E-state index in [2.05, 4.69) is 31.0 Å². The van der Waals surface area contributed by atoms with E-state index >= 15 is 0 Å². The molecule has 1 aromatic carbocycles. The monoisotopic (exact) mass is 437 g/mol. The number of ether oxygens (including phenoxy) is 1. The van der Waals surface area contributed by atoms with Gasteiger partial charge in [0.05, 0.1) is 18.1 Å². The van der Waals surface area contributed by atoms with Crippen LogP contribution >= 0.6 is 0 Å². The first-order chi connectivity index (χ1) is 14.3. The average Bonchev–Trinajstić information content (AvgIpc) is 2.74. The molecular formula is C22H35N3O4S. The van der Waals surface area contributed by atoms with Crippen LogP contribution in [0, 0.1) is 11.8 Å². The summed E-state index contributed by atoms with van der Waals surface area (Å²) in [5, 5.41) is 3.02. The summed E-state index contributed by atoms with van der Waals surface area (Å²) in [7, 11) is -3.51. The Balaban J connectivity index is 1.61. The van der Waals surface area contributed by atoms with E-state index in [4.69, 9.17) is 4.74 Å². The van der Waals surface area contributed by atoms with Gasteiger partial charge in [-0.2, -0.15) is 4.31 Å². The van der Waals surface area contributed by atoms with Gasteiger partial charge in [-0.05, 0) is 48.9 Å². The molecule has 2 aliphatic heterocycles. The summed E-state index contributed by atoms with van der Waals surface area (Å²) in [6.45, 7) is 11.3. The van der Waals surface area contributed by atoms with E-state index in [1.807, 2.05) is 0 Å². The third-order valence-electron chi connectivity index (χ3n) is 6.13. The molecule has 2 saturated heterocycles. The molecule has 3 rings (SSSR count). The number of rotatable bonds is 7. The van der Waals surface area contributed by atoms with Crippen molar-refractivity contribution >= 4 is 15.9 Å². The first-order valence-corrected chi connectivity index (χ1v) is 12.4. The average molecular weight is 438 g/mol. The minimum absolute atomic E-state index is 0.176. The fourth-order valence-corrected chi connectivity index (χ4v) is 5.89. The second-order valence-corrected chi connectivity index (χ2v) is 10.7. The van der Waals surface area contributed by atoms with Crippen LogP contribution in [0.2, 0.25) is 0 Å². The quantitative estimate of drug-likeness (QED) is 0.707. The van der Waals surface area contributed by atoms with Gasteiger partial charge >= 0.3 is 0 Å². The van der Waals surface area contributed by atoms with E-state index in [1.54, 1.807) is 28.6 Å². The van der Waals surface area contributed by atoms with E-state index in [0.29, 0.717) is 37.0 Å². The number of sulfonamides is 1. The first kappa shape index (κ1) is 23.2. The lowest BCUT2D eigenvalue weighted by Crippen LogP contribution is -2.51. The van der Waals surface area contributed by atoms with Crippen molar-refractivity contribution in [3.8, 4) is 0 Å². The second-order valence-electron chi connectivity index (χ2n) is 8.80. The Hall–Kier alpha value is -1.48. The summed E-state index contributed by atoms with van der Waals surface area (Å²) in [5.74, 6) is 0.603. The van der Waals surface area contributed by atoms with Crippen molar-refractivity contribution in [3.63, 3.8) is 0 Å². The van der Waals surface area contributed by atoms with Gasteiger partial charge < -0.3 is 10.1 Å². The second kappa shape index (κ2) is 10.2. The lowest BCUT2D eigenvalue weighted by Gasteiger charge is -2.36. The maximum Gasteiger partial charge on any atom is 0.251 e. The highest BCUT2D eigenvalue weighted by atomic mass is 32.2. The van der Waals surface area contributed by atoms with Crippen LogP contribution in [0.3, 0.4) is 0 Å². The third-order valence-corrected chi connectivity index (χ3v) is 8.01. The largest absolute Gasteiger partial charge is 0.379 e.